The Morgan fingerprint density at radius 1 is 0.967 bits per heavy atom. The zero-order valence-corrected chi connectivity index (χ0v) is 20.2. The van der Waals surface area contributed by atoms with Gasteiger partial charge in [0.1, 0.15) is 0 Å². The van der Waals surface area contributed by atoms with Crippen molar-refractivity contribution in [3.63, 3.8) is 0 Å². The molecule has 9 atom stereocenters. The van der Waals surface area contributed by atoms with Crippen molar-refractivity contribution < 1.29 is 10.3 Å². The van der Waals surface area contributed by atoms with Crippen LogP contribution in [-0.4, -0.2) is 22.1 Å². The molecule has 3 heteroatoms. The first-order chi connectivity index (χ1) is 14.2. The molecule has 4 aliphatic rings. The van der Waals surface area contributed by atoms with Gasteiger partial charge in [-0.3, -0.25) is 0 Å². The molecular weight excluding hydrogens is 370 g/mol. The highest BCUT2D eigenvalue weighted by Gasteiger charge is 2.62. The molecule has 0 aliphatic heterocycles. The highest BCUT2D eigenvalue weighted by atomic mass is 16.4. The van der Waals surface area contributed by atoms with E-state index in [0.717, 1.165) is 61.0 Å². The minimum absolute atomic E-state index is 0.214. The van der Waals surface area contributed by atoms with E-state index in [1.54, 1.807) is 0 Å². The summed E-state index contributed by atoms with van der Waals surface area (Å²) in [4.78, 5) is 0. The van der Waals surface area contributed by atoms with Gasteiger partial charge in [0.2, 0.25) is 0 Å². The van der Waals surface area contributed by atoms with Crippen molar-refractivity contribution >= 4 is 5.71 Å². The molecule has 4 saturated carbocycles. The van der Waals surface area contributed by atoms with Crippen LogP contribution >= 0.6 is 0 Å². The van der Waals surface area contributed by atoms with Gasteiger partial charge >= 0.3 is 0 Å². The number of fused-ring (bicyclic) bond motifs is 5. The largest absolute Gasteiger partial charge is 0.411 e. The monoisotopic (exact) mass is 417 g/mol. The fourth-order valence-electron chi connectivity index (χ4n) is 9.18. The first kappa shape index (κ1) is 22.6. The summed E-state index contributed by atoms with van der Waals surface area (Å²) in [5.41, 5.74) is 1.69. The van der Waals surface area contributed by atoms with Crippen molar-refractivity contribution in [1.82, 2.24) is 0 Å². The number of hydrogen-bond acceptors (Lipinski definition) is 3. The first-order valence-corrected chi connectivity index (χ1v) is 13.1. The normalized spacial score (nSPS) is 48.3. The molecular formula is C27H47NO2. The fraction of sp³-hybridized carbons (Fsp3) is 0.963. The van der Waals surface area contributed by atoms with Crippen LogP contribution in [0.3, 0.4) is 0 Å². The van der Waals surface area contributed by atoms with Crippen LogP contribution in [0.15, 0.2) is 5.16 Å². The van der Waals surface area contributed by atoms with Crippen LogP contribution in [0.5, 0.6) is 0 Å². The maximum absolute atomic E-state index is 10.3. The standard InChI is InChI=1S/C27H47NO2/c1-17(2)7-6-8-18(3)21-9-10-22-20-16-25(28-30)24-15-19(29)11-13-27(24,5)23(20)12-14-26(21,22)4/h17-24,29-30H,6-16H2,1-5H3/b28-25+/t18-,19+,20+,21-,22+,23+,24?,26-,27-/m1/s1. The first-order valence-electron chi connectivity index (χ1n) is 13.1. The molecule has 0 amide bonds. The summed E-state index contributed by atoms with van der Waals surface area (Å²) < 4.78 is 0. The molecule has 0 aromatic rings. The van der Waals surface area contributed by atoms with E-state index in [0.29, 0.717) is 11.3 Å². The Bertz CT molecular complexity index is 645. The number of aliphatic hydroxyl groups is 1. The molecule has 172 valence electrons. The summed E-state index contributed by atoms with van der Waals surface area (Å²) in [5, 5.41) is 24.1. The van der Waals surface area contributed by atoms with Crippen molar-refractivity contribution in [1.29, 1.82) is 0 Å². The van der Waals surface area contributed by atoms with Gasteiger partial charge in [-0.2, -0.15) is 0 Å². The lowest BCUT2D eigenvalue weighted by Crippen LogP contribution is -2.57. The van der Waals surface area contributed by atoms with Crippen LogP contribution in [0.4, 0.5) is 0 Å². The third-order valence-corrected chi connectivity index (χ3v) is 10.8. The predicted octanol–water partition coefficient (Wildman–Crippen LogP) is 6.91. The molecule has 0 spiro atoms. The van der Waals surface area contributed by atoms with Gasteiger partial charge in [-0.05, 0) is 97.7 Å². The van der Waals surface area contributed by atoms with Gasteiger partial charge in [0.05, 0.1) is 11.8 Å². The summed E-state index contributed by atoms with van der Waals surface area (Å²) in [7, 11) is 0. The SMILES string of the molecule is CC(C)CCC[C@@H](C)[C@H]1CC[C@H]2[C@@H]3C/C(=N\O)C4C[C@@H](O)CC[C@]4(C)[C@H]3CC[C@]12C. The van der Waals surface area contributed by atoms with Crippen LogP contribution in [-0.2, 0) is 0 Å². The van der Waals surface area contributed by atoms with Crippen molar-refractivity contribution in [2.75, 3.05) is 0 Å². The predicted molar refractivity (Wildman–Crippen MR) is 124 cm³/mol. The van der Waals surface area contributed by atoms with Gasteiger partial charge < -0.3 is 10.3 Å². The number of rotatable bonds is 5. The molecule has 0 radical (unpaired) electrons. The molecule has 4 fully saturated rings. The molecule has 3 nitrogen and oxygen atoms in total. The Hall–Kier alpha value is -0.570. The minimum Gasteiger partial charge on any atom is -0.411 e. The van der Waals surface area contributed by atoms with E-state index in [-0.39, 0.29) is 17.4 Å². The molecule has 0 aromatic carbocycles. The van der Waals surface area contributed by atoms with Crippen molar-refractivity contribution in [3.8, 4) is 0 Å². The summed E-state index contributed by atoms with van der Waals surface area (Å²) in [5.74, 6) is 5.01. The van der Waals surface area contributed by atoms with Crippen molar-refractivity contribution in [2.24, 2.45) is 57.4 Å². The summed E-state index contributed by atoms with van der Waals surface area (Å²) in [6.07, 6.45) is 13.2. The van der Waals surface area contributed by atoms with Crippen LogP contribution in [0.25, 0.3) is 0 Å². The van der Waals surface area contributed by atoms with Crippen molar-refractivity contribution in [2.45, 2.75) is 111 Å². The molecule has 4 aliphatic carbocycles. The zero-order valence-electron chi connectivity index (χ0n) is 20.2. The highest BCUT2D eigenvalue weighted by Crippen LogP contribution is 2.68. The quantitative estimate of drug-likeness (QED) is 0.377. The van der Waals surface area contributed by atoms with Crippen LogP contribution in [0.2, 0.25) is 0 Å². The van der Waals surface area contributed by atoms with E-state index in [1.165, 1.54) is 44.9 Å². The molecule has 30 heavy (non-hydrogen) atoms. The van der Waals surface area contributed by atoms with E-state index in [9.17, 15) is 10.3 Å². The van der Waals surface area contributed by atoms with Crippen LogP contribution in [0.1, 0.15) is 105 Å². The lowest BCUT2D eigenvalue weighted by atomic mass is 9.44. The highest BCUT2D eigenvalue weighted by molar-refractivity contribution is 5.88. The van der Waals surface area contributed by atoms with Gasteiger partial charge in [-0.1, -0.05) is 59.0 Å². The Kier molecular flexibility index (Phi) is 6.34. The Morgan fingerprint density at radius 3 is 2.37 bits per heavy atom. The van der Waals surface area contributed by atoms with Gasteiger partial charge in [-0.25, -0.2) is 0 Å². The maximum atomic E-state index is 10.3. The lowest BCUT2D eigenvalue weighted by molar-refractivity contribution is -0.0946. The summed E-state index contributed by atoms with van der Waals surface area (Å²) in [6, 6.07) is 0. The van der Waals surface area contributed by atoms with Gasteiger partial charge in [0, 0.05) is 5.92 Å². The van der Waals surface area contributed by atoms with Gasteiger partial charge in [0.25, 0.3) is 0 Å². The van der Waals surface area contributed by atoms with Gasteiger partial charge in [0.15, 0.2) is 0 Å². The number of hydrogen-bond donors (Lipinski definition) is 2. The second-order valence-electron chi connectivity index (χ2n) is 12.7. The second kappa shape index (κ2) is 8.41. The van der Waals surface area contributed by atoms with E-state index in [1.807, 2.05) is 0 Å². The number of aliphatic hydroxyl groups excluding tert-OH is 1. The Labute approximate surface area is 185 Å². The summed E-state index contributed by atoms with van der Waals surface area (Å²) >= 11 is 0. The van der Waals surface area contributed by atoms with Crippen LogP contribution in [0, 0.1) is 52.3 Å². The van der Waals surface area contributed by atoms with E-state index >= 15 is 0 Å². The summed E-state index contributed by atoms with van der Waals surface area (Å²) in [6.45, 7) is 12.3. The molecule has 4 rings (SSSR count). The molecule has 2 N–H and O–H groups in total. The zero-order chi connectivity index (χ0) is 21.7. The van der Waals surface area contributed by atoms with Gasteiger partial charge in [-0.15, -0.1) is 0 Å². The van der Waals surface area contributed by atoms with E-state index in [2.05, 4.69) is 39.8 Å². The number of oxime groups is 1. The second-order valence-corrected chi connectivity index (χ2v) is 12.7. The van der Waals surface area contributed by atoms with Crippen LogP contribution < -0.4 is 0 Å². The Balaban J connectivity index is 1.53. The topological polar surface area (TPSA) is 52.8 Å². The van der Waals surface area contributed by atoms with E-state index < -0.39 is 0 Å². The average Bonchev–Trinajstić information content (AvgIpc) is 3.05. The molecule has 0 bridgehead atoms. The minimum atomic E-state index is -0.215. The third-order valence-electron chi connectivity index (χ3n) is 10.8. The number of nitrogens with zero attached hydrogens (tertiary/aromatic N) is 1. The molecule has 0 heterocycles. The lowest BCUT2D eigenvalue weighted by Gasteiger charge is -2.61. The fourth-order valence-corrected chi connectivity index (χ4v) is 9.18. The average molecular weight is 418 g/mol. The van der Waals surface area contributed by atoms with Crippen molar-refractivity contribution in [3.05, 3.63) is 0 Å². The smallest absolute Gasteiger partial charge is 0.0611 e. The molecule has 0 saturated heterocycles. The molecule has 0 aromatic heterocycles. The Morgan fingerprint density at radius 2 is 1.67 bits per heavy atom. The van der Waals surface area contributed by atoms with E-state index in [4.69, 9.17) is 0 Å². The maximum Gasteiger partial charge on any atom is 0.0611 e. The third kappa shape index (κ3) is 3.65. The molecule has 1 unspecified atom stereocenters.